The van der Waals surface area contributed by atoms with Crippen molar-refractivity contribution in [3.8, 4) is 11.5 Å². The Morgan fingerprint density at radius 1 is 0.793 bits per heavy atom. The van der Waals surface area contributed by atoms with Crippen LogP contribution in [0.2, 0.25) is 0 Å². The summed E-state index contributed by atoms with van der Waals surface area (Å²) in [6.07, 6.45) is -2.50. The van der Waals surface area contributed by atoms with Gasteiger partial charge in [-0.3, -0.25) is 0 Å². The number of rotatable bonds is 6. The molecule has 9 heteroatoms. The van der Waals surface area contributed by atoms with Crippen LogP contribution in [0, 0.1) is 0 Å². The Labute approximate surface area is 166 Å². The summed E-state index contributed by atoms with van der Waals surface area (Å²) in [5, 5.41) is 0. The van der Waals surface area contributed by atoms with Crippen molar-refractivity contribution in [3.05, 3.63) is 59.7 Å². The predicted molar refractivity (Wildman–Crippen MR) is 97.8 cm³/mol. The Hall–Kier alpha value is -3.88. The van der Waals surface area contributed by atoms with Crippen LogP contribution in [0.15, 0.2) is 48.5 Å². The largest absolute Gasteiger partial charge is 0.514 e. The van der Waals surface area contributed by atoms with Gasteiger partial charge in [-0.05, 0) is 43.3 Å². The molecule has 0 saturated heterocycles. The minimum absolute atomic E-state index is 0.0212. The second-order valence-electron chi connectivity index (χ2n) is 5.54. The molecular formula is C20H18O9. The highest BCUT2D eigenvalue weighted by molar-refractivity contribution is 5.93. The van der Waals surface area contributed by atoms with Gasteiger partial charge in [-0.2, -0.15) is 0 Å². The molecule has 0 aliphatic heterocycles. The smallest absolute Gasteiger partial charge is 0.465 e. The first-order chi connectivity index (χ1) is 13.8. The SMILES string of the molecule is COC(=O)c1ccc(OC(=O)C(C)OC(=O)Oc2ccccc2C(=O)OC)cc1. The minimum Gasteiger partial charge on any atom is -0.465 e. The van der Waals surface area contributed by atoms with Gasteiger partial charge < -0.3 is 23.7 Å². The summed E-state index contributed by atoms with van der Waals surface area (Å²) in [5.74, 6) is -2.04. The molecule has 0 N–H and O–H groups in total. The molecule has 2 aromatic rings. The number of carbonyl (C=O) groups excluding carboxylic acids is 4. The standard InChI is InChI=1S/C20H18O9/c1-12(17(21)28-14-10-8-13(9-11-14)18(22)25-2)27-20(24)29-16-7-5-4-6-15(16)19(23)26-3/h4-12H,1-3H3. The summed E-state index contributed by atoms with van der Waals surface area (Å²) in [6, 6.07) is 11.5. The van der Waals surface area contributed by atoms with Gasteiger partial charge in [0, 0.05) is 0 Å². The highest BCUT2D eigenvalue weighted by Gasteiger charge is 2.23. The maximum absolute atomic E-state index is 12.1. The summed E-state index contributed by atoms with van der Waals surface area (Å²) in [4.78, 5) is 47.1. The normalized spacial score (nSPS) is 11.0. The molecule has 0 heterocycles. The van der Waals surface area contributed by atoms with Crippen LogP contribution < -0.4 is 9.47 Å². The Balaban J connectivity index is 1.95. The Morgan fingerprint density at radius 3 is 2.03 bits per heavy atom. The second-order valence-corrected chi connectivity index (χ2v) is 5.54. The van der Waals surface area contributed by atoms with Gasteiger partial charge in [0.1, 0.15) is 17.1 Å². The van der Waals surface area contributed by atoms with Gasteiger partial charge in [0.25, 0.3) is 0 Å². The summed E-state index contributed by atoms with van der Waals surface area (Å²) in [7, 11) is 2.44. The number of para-hydroxylation sites is 1. The van der Waals surface area contributed by atoms with E-state index in [1.807, 2.05) is 0 Å². The van der Waals surface area contributed by atoms with Crippen molar-refractivity contribution in [1.29, 1.82) is 0 Å². The lowest BCUT2D eigenvalue weighted by Gasteiger charge is -2.13. The summed E-state index contributed by atoms with van der Waals surface area (Å²) in [5.41, 5.74) is 0.303. The fourth-order valence-corrected chi connectivity index (χ4v) is 2.12. The third kappa shape index (κ3) is 5.80. The van der Waals surface area contributed by atoms with E-state index in [0.29, 0.717) is 0 Å². The molecule has 0 amide bonds. The molecule has 0 aromatic heterocycles. The average Bonchev–Trinajstić information content (AvgIpc) is 2.73. The first-order valence-electron chi connectivity index (χ1n) is 8.31. The molecule has 9 nitrogen and oxygen atoms in total. The van der Waals surface area contributed by atoms with E-state index in [1.54, 1.807) is 12.1 Å². The van der Waals surface area contributed by atoms with Crippen molar-refractivity contribution in [1.82, 2.24) is 0 Å². The van der Waals surface area contributed by atoms with Gasteiger partial charge in [-0.15, -0.1) is 0 Å². The molecule has 152 valence electrons. The predicted octanol–water partition coefficient (Wildman–Crippen LogP) is 2.77. The lowest BCUT2D eigenvalue weighted by Crippen LogP contribution is -2.29. The van der Waals surface area contributed by atoms with Gasteiger partial charge in [-0.1, -0.05) is 12.1 Å². The van der Waals surface area contributed by atoms with E-state index in [0.717, 1.165) is 0 Å². The van der Waals surface area contributed by atoms with Crippen molar-refractivity contribution in [2.75, 3.05) is 14.2 Å². The van der Waals surface area contributed by atoms with Gasteiger partial charge in [0.2, 0.25) is 0 Å². The van der Waals surface area contributed by atoms with E-state index in [-0.39, 0.29) is 22.6 Å². The van der Waals surface area contributed by atoms with Crippen LogP contribution in [-0.2, 0) is 19.0 Å². The highest BCUT2D eigenvalue weighted by atomic mass is 16.7. The Bertz CT molecular complexity index is 902. The van der Waals surface area contributed by atoms with Crippen LogP contribution in [0.25, 0.3) is 0 Å². The molecular weight excluding hydrogens is 384 g/mol. The zero-order valence-electron chi connectivity index (χ0n) is 15.9. The first kappa shape index (κ1) is 21.4. The summed E-state index contributed by atoms with van der Waals surface area (Å²) in [6.45, 7) is 1.29. The van der Waals surface area contributed by atoms with Crippen LogP contribution in [-0.4, -0.2) is 44.4 Å². The van der Waals surface area contributed by atoms with Crippen molar-refractivity contribution in [2.45, 2.75) is 13.0 Å². The zero-order valence-corrected chi connectivity index (χ0v) is 15.9. The highest BCUT2D eigenvalue weighted by Crippen LogP contribution is 2.20. The van der Waals surface area contributed by atoms with E-state index in [9.17, 15) is 19.2 Å². The number of benzene rings is 2. The molecule has 0 bridgehead atoms. The second kappa shape index (κ2) is 9.88. The number of hydrogen-bond acceptors (Lipinski definition) is 9. The maximum Gasteiger partial charge on any atom is 0.514 e. The number of esters is 3. The van der Waals surface area contributed by atoms with Crippen molar-refractivity contribution in [3.63, 3.8) is 0 Å². The third-order valence-electron chi connectivity index (χ3n) is 3.58. The summed E-state index contributed by atoms with van der Waals surface area (Å²) >= 11 is 0. The van der Waals surface area contributed by atoms with E-state index in [2.05, 4.69) is 9.47 Å². The van der Waals surface area contributed by atoms with Crippen molar-refractivity contribution in [2.24, 2.45) is 0 Å². The maximum atomic E-state index is 12.1. The lowest BCUT2D eigenvalue weighted by atomic mass is 10.2. The van der Waals surface area contributed by atoms with E-state index in [4.69, 9.17) is 14.2 Å². The molecule has 1 atom stereocenters. The fourth-order valence-electron chi connectivity index (χ4n) is 2.12. The molecule has 0 aliphatic carbocycles. The Morgan fingerprint density at radius 2 is 1.41 bits per heavy atom. The van der Waals surface area contributed by atoms with Crippen LogP contribution >= 0.6 is 0 Å². The number of carbonyl (C=O) groups is 4. The molecule has 0 spiro atoms. The molecule has 2 aromatic carbocycles. The average molecular weight is 402 g/mol. The van der Waals surface area contributed by atoms with Crippen LogP contribution in [0.5, 0.6) is 11.5 Å². The Kier molecular flexibility index (Phi) is 7.30. The first-order valence-corrected chi connectivity index (χ1v) is 8.31. The van der Waals surface area contributed by atoms with Gasteiger partial charge in [0.05, 0.1) is 19.8 Å². The molecule has 0 fully saturated rings. The monoisotopic (exact) mass is 402 g/mol. The van der Waals surface area contributed by atoms with E-state index in [1.165, 1.54) is 57.5 Å². The van der Waals surface area contributed by atoms with Gasteiger partial charge in [-0.25, -0.2) is 19.2 Å². The minimum atomic E-state index is -1.30. The van der Waals surface area contributed by atoms with Crippen LogP contribution in [0.3, 0.4) is 0 Å². The molecule has 0 radical (unpaired) electrons. The molecule has 1 unspecified atom stereocenters. The molecule has 2 rings (SSSR count). The van der Waals surface area contributed by atoms with Crippen LogP contribution in [0.1, 0.15) is 27.6 Å². The third-order valence-corrected chi connectivity index (χ3v) is 3.58. The molecule has 29 heavy (non-hydrogen) atoms. The quantitative estimate of drug-likeness (QED) is 0.311. The van der Waals surface area contributed by atoms with E-state index < -0.39 is 30.2 Å². The number of ether oxygens (including phenoxy) is 5. The topological polar surface area (TPSA) is 114 Å². The van der Waals surface area contributed by atoms with Crippen molar-refractivity contribution < 1.29 is 42.9 Å². The van der Waals surface area contributed by atoms with Gasteiger partial charge >= 0.3 is 24.1 Å². The zero-order chi connectivity index (χ0) is 21.4. The molecule has 0 saturated carbocycles. The van der Waals surface area contributed by atoms with E-state index >= 15 is 0 Å². The van der Waals surface area contributed by atoms with Gasteiger partial charge in [0.15, 0.2) is 6.10 Å². The van der Waals surface area contributed by atoms with Crippen LogP contribution in [0.4, 0.5) is 4.79 Å². The van der Waals surface area contributed by atoms with Crippen molar-refractivity contribution >= 4 is 24.1 Å². The number of hydrogen-bond donors (Lipinski definition) is 0. The number of methoxy groups -OCH3 is 2. The molecule has 0 aliphatic rings. The fraction of sp³-hybridized carbons (Fsp3) is 0.200. The lowest BCUT2D eigenvalue weighted by molar-refractivity contribution is -0.143. The summed E-state index contributed by atoms with van der Waals surface area (Å²) < 4.78 is 24.1.